The van der Waals surface area contributed by atoms with Gasteiger partial charge in [0.1, 0.15) is 5.54 Å². The van der Waals surface area contributed by atoms with Crippen molar-refractivity contribution in [2.75, 3.05) is 19.3 Å². The second kappa shape index (κ2) is 5.54. The van der Waals surface area contributed by atoms with Crippen LogP contribution in [-0.2, 0) is 14.8 Å². The number of hydrogen-bond acceptors (Lipinski definition) is 4. The molecule has 0 aromatic carbocycles. The molecule has 0 spiro atoms. The maximum atomic E-state index is 12.1. The summed E-state index contributed by atoms with van der Waals surface area (Å²) in [5.74, 6) is 0.0951. The smallest absolute Gasteiger partial charge is 0.240 e. The minimum absolute atomic E-state index is 0.0480. The van der Waals surface area contributed by atoms with Crippen molar-refractivity contribution in [3.63, 3.8) is 0 Å². The number of amides is 1. The van der Waals surface area contributed by atoms with Gasteiger partial charge < -0.3 is 10.6 Å². The number of carbonyl (C=O) groups excluding carboxylic acids is 1. The molecule has 106 valence electrons. The lowest BCUT2D eigenvalue weighted by Gasteiger charge is -2.33. The van der Waals surface area contributed by atoms with Crippen molar-refractivity contribution in [3.8, 4) is 0 Å². The Morgan fingerprint density at radius 1 is 1.39 bits per heavy atom. The zero-order valence-electron chi connectivity index (χ0n) is 11.4. The summed E-state index contributed by atoms with van der Waals surface area (Å²) >= 11 is 0. The van der Waals surface area contributed by atoms with Gasteiger partial charge in [-0.05, 0) is 32.7 Å². The molecular weight excluding hydrogens is 254 g/mol. The van der Waals surface area contributed by atoms with Crippen LogP contribution >= 0.6 is 0 Å². The van der Waals surface area contributed by atoms with Crippen LogP contribution in [0.25, 0.3) is 0 Å². The lowest BCUT2D eigenvalue weighted by Crippen LogP contribution is -2.59. The van der Waals surface area contributed by atoms with Crippen molar-refractivity contribution in [2.24, 2.45) is 5.92 Å². The molecule has 3 N–H and O–H groups in total. The van der Waals surface area contributed by atoms with E-state index in [1.54, 1.807) is 13.8 Å². The third-order valence-corrected chi connectivity index (χ3v) is 4.03. The van der Waals surface area contributed by atoms with Crippen molar-refractivity contribution in [3.05, 3.63) is 0 Å². The number of sulfonamides is 1. The molecule has 0 bridgehead atoms. The van der Waals surface area contributed by atoms with Gasteiger partial charge in [-0.1, -0.05) is 6.92 Å². The molecule has 6 nitrogen and oxygen atoms in total. The molecule has 1 saturated heterocycles. The van der Waals surface area contributed by atoms with E-state index in [4.69, 9.17) is 0 Å². The molecule has 1 rings (SSSR count). The Bertz CT molecular complexity index is 406. The monoisotopic (exact) mass is 277 g/mol. The summed E-state index contributed by atoms with van der Waals surface area (Å²) in [7, 11) is -3.41. The third-order valence-electron chi connectivity index (χ3n) is 3.15. The van der Waals surface area contributed by atoms with Crippen LogP contribution in [0.2, 0.25) is 0 Å². The Balaban J connectivity index is 2.63. The Labute approximate surface area is 109 Å². The predicted molar refractivity (Wildman–Crippen MR) is 70.6 cm³/mol. The molecule has 2 atom stereocenters. The molecule has 1 aliphatic rings. The van der Waals surface area contributed by atoms with E-state index >= 15 is 0 Å². The predicted octanol–water partition coefficient (Wildman–Crippen LogP) is -0.572. The summed E-state index contributed by atoms with van der Waals surface area (Å²) in [6.07, 6.45) is 2.05. The Morgan fingerprint density at radius 2 is 2.00 bits per heavy atom. The normalized spacial score (nSPS) is 25.8. The first-order valence-corrected chi connectivity index (χ1v) is 8.01. The molecule has 0 aliphatic carbocycles. The zero-order chi connectivity index (χ0) is 14.0. The highest BCUT2D eigenvalue weighted by molar-refractivity contribution is 7.88. The highest BCUT2D eigenvalue weighted by atomic mass is 32.2. The summed E-state index contributed by atoms with van der Waals surface area (Å²) in [6.45, 7) is 6.89. The van der Waals surface area contributed by atoms with Crippen molar-refractivity contribution < 1.29 is 13.2 Å². The minimum Gasteiger partial charge on any atom is -0.350 e. The van der Waals surface area contributed by atoms with E-state index in [9.17, 15) is 13.2 Å². The maximum Gasteiger partial charge on any atom is 0.240 e. The standard InChI is InChI=1S/C11H23N3O3S/c1-8-5-6-12-7-9(8)13-10(15)11(2,3)14-18(4,16)17/h8-9,12,14H,5-7H2,1-4H3,(H,13,15). The first-order chi connectivity index (χ1) is 8.12. The minimum atomic E-state index is -3.41. The fourth-order valence-electron chi connectivity index (χ4n) is 2.04. The van der Waals surface area contributed by atoms with Gasteiger partial charge in [-0.3, -0.25) is 4.79 Å². The van der Waals surface area contributed by atoms with Crippen molar-refractivity contribution in [2.45, 2.75) is 38.8 Å². The van der Waals surface area contributed by atoms with Crippen LogP contribution in [0.3, 0.4) is 0 Å². The number of nitrogens with one attached hydrogen (secondary N) is 3. The van der Waals surface area contributed by atoms with E-state index in [0.29, 0.717) is 5.92 Å². The molecule has 1 fully saturated rings. The number of piperidine rings is 1. The maximum absolute atomic E-state index is 12.1. The average Bonchev–Trinajstić information content (AvgIpc) is 2.17. The van der Waals surface area contributed by atoms with Gasteiger partial charge in [-0.2, -0.15) is 0 Å². The largest absolute Gasteiger partial charge is 0.350 e. The van der Waals surface area contributed by atoms with Crippen molar-refractivity contribution >= 4 is 15.9 Å². The molecule has 18 heavy (non-hydrogen) atoms. The quantitative estimate of drug-likeness (QED) is 0.642. The molecule has 1 heterocycles. The second-order valence-electron chi connectivity index (χ2n) is 5.55. The van der Waals surface area contributed by atoms with Crippen LogP contribution in [0.1, 0.15) is 27.2 Å². The third kappa shape index (κ3) is 4.55. The Morgan fingerprint density at radius 3 is 2.50 bits per heavy atom. The van der Waals surface area contributed by atoms with Crippen molar-refractivity contribution in [1.29, 1.82) is 0 Å². The average molecular weight is 277 g/mol. The Hall–Kier alpha value is -0.660. The van der Waals surface area contributed by atoms with Gasteiger partial charge in [0.05, 0.1) is 6.26 Å². The van der Waals surface area contributed by atoms with E-state index in [-0.39, 0.29) is 11.9 Å². The number of hydrogen-bond donors (Lipinski definition) is 3. The molecular formula is C11H23N3O3S. The van der Waals surface area contributed by atoms with E-state index in [2.05, 4.69) is 22.3 Å². The highest BCUT2D eigenvalue weighted by Crippen LogP contribution is 2.13. The van der Waals surface area contributed by atoms with Crippen LogP contribution in [0.4, 0.5) is 0 Å². The topological polar surface area (TPSA) is 87.3 Å². The van der Waals surface area contributed by atoms with Gasteiger partial charge in [0.25, 0.3) is 0 Å². The molecule has 1 amide bonds. The first-order valence-electron chi connectivity index (χ1n) is 6.12. The summed E-state index contributed by atoms with van der Waals surface area (Å²) < 4.78 is 24.7. The number of rotatable bonds is 4. The molecule has 0 aromatic heterocycles. The summed E-state index contributed by atoms with van der Waals surface area (Å²) in [5, 5.41) is 6.12. The SMILES string of the molecule is CC1CCNCC1NC(=O)C(C)(C)NS(C)(=O)=O. The fourth-order valence-corrected chi connectivity index (χ4v) is 3.06. The molecule has 0 saturated carbocycles. The van der Waals surface area contributed by atoms with E-state index < -0.39 is 15.6 Å². The second-order valence-corrected chi connectivity index (χ2v) is 7.30. The molecule has 0 aromatic rings. The zero-order valence-corrected chi connectivity index (χ0v) is 12.2. The van der Waals surface area contributed by atoms with Crippen LogP contribution < -0.4 is 15.4 Å². The van der Waals surface area contributed by atoms with Gasteiger partial charge in [0.15, 0.2) is 0 Å². The lowest BCUT2D eigenvalue weighted by atomic mass is 9.93. The molecule has 0 radical (unpaired) electrons. The summed E-state index contributed by atoms with van der Waals surface area (Å²) in [4.78, 5) is 12.1. The first kappa shape index (κ1) is 15.4. The van der Waals surface area contributed by atoms with Gasteiger partial charge >= 0.3 is 0 Å². The Kier molecular flexibility index (Phi) is 4.74. The van der Waals surface area contributed by atoms with Crippen LogP contribution in [0.15, 0.2) is 0 Å². The molecule has 7 heteroatoms. The van der Waals surface area contributed by atoms with Crippen molar-refractivity contribution in [1.82, 2.24) is 15.4 Å². The van der Waals surface area contributed by atoms with Crippen LogP contribution in [-0.4, -0.2) is 45.3 Å². The summed E-state index contributed by atoms with van der Waals surface area (Å²) in [5.41, 5.74) is -1.13. The van der Waals surface area contributed by atoms with Gasteiger partial charge in [0, 0.05) is 12.6 Å². The molecule has 2 unspecified atom stereocenters. The lowest BCUT2D eigenvalue weighted by molar-refractivity contribution is -0.127. The van der Waals surface area contributed by atoms with Gasteiger partial charge in [-0.25, -0.2) is 13.1 Å². The van der Waals surface area contributed by atoms with E-state index in [1.807, 2.05) is 0 Å². The molecule has 1 aliphatic heterocycles. The fraction of sp³-hybridized carbons (Fsp3) is 0.909. The summed E-state index contributed by atoms with van der Waals surface area (Å²) in [6, 6.07) is 0.0480. The van der Waals surface area contributed by atoms with Crippen LogP contribution in [0, 0.1) is 5.92 Å². The highest BCUT2D eigenvalue weighted by Gasteiger charge is 2.33. The van der Waals surface area contributed by atoms with E-state index in [0.717, 1.165) is 25.8 Å². The van der Waals surface area contributed by atoms with Gasteiger partial charge in [0.2, 0.25) is 15.9 Å². The van der Waals surface area contributed by atoms with Crippen LogP contribution in [0.5, 0.6) is 0 Å². The van der Waals surface area contributed by atoms with Gasteiger partial charge in [-0.15, -0.1) is 0 Å². The van der Waals surface area contributed by atoms with E-state index in [1.165, 1.54) is 0 Å². The number of carbonyl (C=O) groups is 1.